The molecular formula is C19H20F3NO2. The number of β-amino-alcohol motifs (C(OH)–C–C–N with tert-alkyl or cyclic N) is 1. The van der Waals surface area contributed by atoms with Crippen molar-refractivity contribution in [2.45, 2.75) is 25.0 Å². The molecule has 0 spiro atoms. The van der Waals surface area contributed by atoms with Crippen molar-refractivity contribution in [2.75, 3.05) is 19.7 Å². The van der Waals surface area contributed by atoms with Gasteiger partial charge in [0, 0.05) is 13.1 Å². The normalized spacial score (nSPS) is 21.3. The maximum Gasteiger partial charge on any atom is 0.159 e. The maximum atomic E-state index is 13.3. The molecule has 1 fully saturated rings. The number of hydrogen-bond acceptors (Lipinski definition) is 3. The van der Waals surface area contributed by atoms with Gasteiger partial charge < -0.3 is 9.84 Å². The highest BCUT2D eigenvalue weighted by atomic mass is 19.2. The van der Waals surface area contributed by atoms with Crippen molar-refractivity contribution >= 4 is 0 Å². The van der Waals surface area contributed by atoms with Crippen LogP contribution in [0.5, 0.6) is 5.75 Å². The van der Waals surface area contributed by atoms with Crippen LogP contribution in [0.25, 0.3) is 0 Å². The van der Waals surface area contributed by atoms with Gasteiger partial charge in [0.1, 0.15) is 23.8 Å². The summed E-state index contributed by atoms with van der Waals surface area (Å²) >= 11 is 0. The van der Waals surface area contributed by atoms with Crippen LogP contribution in [0.2, 0.25) is 0 Å². The third-order valence-electron chi connectivity index (χ3n) is 4.35. The Morgan fingerprint density at radius 1 is 1.04 bits per heavy atom. The molecule has 0 amide bonds. The summed E-state index contributed by atoms with van der Waals surface area (Å²) < 4.78 is 44.8. The summed E-state index contributed by atoms with van der Waals surface area (Å²) in [4.78, 5) is 1.99. The van der Waals surface area contributed by atoms with Crippen molar-refractivity contribution in [1.82, 2.24) is 4.90 Å². The second-order valence-corrected chi connectivity index (χ2v) is 6.53. The quantitative estimate of drug-likeness (QED) is 0.895. The van der Waals surface area contributed by atoms with E-state index in [1.807, 2.05) is 4.90 Å². The minimum absolute atomic E-state index is 0.0902. The van der Waals surface area contributed by atoms with E-state index in [0.717, 1.165) is 19.0 Å². The molecule has 1 unspecified atom stereocenters. The van der Waals surface area contributed by atoms with Crippen LogP contribution in [0.3, 0.4) is 0 Å². The molecule has 134 valence electrons. The highest BCUT2D eigenvalue weighted by Crippen LogP contribution is 2.24. The largest absolute Gasteiger partial charge is 0.491 e. The number of nitrogens with zero attached hydrogens (tertiary/aromatic N) is 1. The molecule has 3 nitrogen and oxygen atoms in total. The Labute approximate surface area is 144 Å². The van der Waals surface area contributed by atoms with E-state index < -0.39 is 17.2 Å². The molecule has 0 aliphatic carbocycles. The number of halogens is 3. The smallest absolute Gasteiger partial charge is 0.159 e. The van der Waals surface area contributed by atoms with Crippen LogP contribution in [0.15, 0.2) is 42.5 Å². The van der Waals surface area contributed by atoms with E-state index in [2.05, 4.69) is 0 Å². The number of hydrogen-bond donors (Lipinski definition) is 1. The van der Waals surface area contributed by atoms with Crippen LogP contribution in [-0.4, -0.2) is 35.3 Å². The second-order valence-electron chi connectivity index (χ2n) is 6.53. The van der Waals surface area contributed by atoms with Gasteiger partial charge in [0.2, 0.25) is 0 Å². The standard InChI is InChI=1S/C19H20F3NO2/c20-15-3-5-16(6-4-15)25-13-19(24)8-1-9-23(12-19)11-14-2-7-17(21)18(22)10-14/h2-7,10,24H,1,8-9,11-13H2. The first kappa shape index (κ1) is 17.8. The first-order chi connectivity index (χ1) is 11.9. The Bertz CT molecular complexity index is 723. The van der Waals surface area contributed by atoms with Crippen molar-refractivity contribution in [3.63, 3.8) is 0 Å². The summed E-state index contributed by atoms with van der Waals surface area (Å²) in [5.41, 5.74) is -0.381. The fourth-order valence-corrected chi connectivity index (χ4v) is 3.10. The van der Waals surface area contributed by atoms with Gasteiger partial charge in [-0.2, -0.15) is 0 Å². The zero-order valence-electron chi connectivity index (χ0n) is 13.7. The molecule has 0 aromatic heterocycles. The number of aliphatic hydroxyl groups is 1. The Hall–Kier alpha value is -2.05. The number of benzene rings is 2. The van der Waals surface area contributed by atoms with Gasteiger partial charge in [-0.25, -0.2) is 13.2 Å². The number of likely N-dealkylation sites (tertiary alicyclic amines) is 1. The van der Waals surface area contributed by atoms with Crippen LogP contribution in [0.1, 0.15) is 18.4 Å². The molecule has 0 radical (unpaired) electrons. The molecular weight excluding hydrogens is 331 g/mol. The highest BCUT2D eigenvalue weighted by Gasteiger charge is 2.34. The van der Waals surface area contributed by atoms with Crippen LogP contribution in [0.4, 0.5) is 13.2 Å². The van der Waals surface area contributed by atoms with E-state index in [1.165, 1.54) is 30.3 Å². The summed E-state index contributed by atoms with van der Waals surface area (Å²) in [5, 5.41) is 10.8. The second kappa shape index (κ2) is 7.45. The summed E-state index contributed by atoms with van der Waals surface area (Å²) in [6.07, 6.45) is 1.36. The molecule has 1 heterocycles. The molecule has 1 aliphatic heterocycles. The molecule has 1 aliphatic rings. The fourth-order valence-electron chi connectivity index (χ4n) is 3.10. The van der Waals surface area contributed by atoms with Gasteiger partial charge in [0.15, 0.2) is 11.6 Å². The summed E-state index contributed by atoms with van der Waals surface area (Å²) in [6.45, 7) is 1.65. The molecule has 3 rings (SSSR count). The molecule has 2 aromatic rings. The van der Waals surface area contributed by atoms with E-state index in [1.54, 1.807) is 6.07 Å². The zero-order valence-corrected chi connectivity index (χ0v) is 13.7. The molecule has 1 saturated heterocycles. The lowest BCUT2D eigenvalue weighted by Crippen LogP contribution is -2.51. The Morgan fingerprint density at radius 2 is 1.80 bits per heavy atom. The third-order valence-corrected chi connectivity index (χ3v) is 4.35. The minimum atomic E-state index is -1.04. The predicted octanol–water partition coefficient (Wildman–Crippen LogP) is 3.51. The zero-order chi connectivity index (χ0) is 17.9. The van der Waals surface area contributed by atoms with Gasteiger partial charge >= 0.3 is 0 Å². The summed E-state index contributed by atoms with van der Waals surface area (Å²) in [5.74, 6) is -1.59. The number of piperidine rings is 1. The van der Waals surface area contributed by atoms with Crippen molar-refractivity contribution in [3.8, 4) is 5.75 Å². The van der Waals surface area contributed by atoms with Crippen LogP contribution in [0, 0.1) is 17.5 Å². The lowest BCUT2D eigenvalue weighted by molar-refractivity contribution is -0.0621. The van der Waals surface area contributed by atoms with E-state index in [9.17, 15) is 18.3 Å². The molecule has 6 heteroatoms. The topological polar surface area (TPSA) is 32.7 Å². The van der Waals surface area contributed by atoms with Gasteiger partial charge in [0.05, 0.1) is 0 Å². The van der Waals surface area contributed by atoms with Crippen molar-refractivity contribution < 1.29 is 23.0 Å². The van der Waals surface area contributed by atoms with Gasteiger partial charge in [-0.05, 0) is 61.3 Å². The van der Waals surface area contributed by atoms with Gasteiger partial charge in [0.25, 0.3) is 0 Å². The molecule has 25 heavy (non-hydrogen) atoms. The van der Waals surface area contributed by atoms with Gasteiger partial charge in [-0.3, -0.25) is 4.90 Å². The molecule has 0 bridgehead atoms. The maximum absolute atomic E-state index is 13.3. The van der Waals surface area contributed by atoms with Gasteiger partial charge in [-0.15, -0.1) is 0 Å². The van der Waals surface area contributed by atoms with Crippen molar-refractivity contribution in [1.29, 1.82) is 0 Å². The minimum Gasteiger partial charge on any atom is -0.491 e. The summed E-state index contributed by atoms with van der Waals surface area (Å²) in [6, 6.07) is 9.46. The van der Waals surface area contributed by atoms with Crippen LogP contribution in [-0.2, 0) is 6.54 Å². The lowest BCUT2D eigenvalue weighted by Gasteiger charge is -2.39. The highest BCUT2D eigenvalue weighted by molar-refractivity contribution is 5.22. The first-order valence-electron chi connectivity index (χ1n) is 8.21. The Balaban J connectivity index is 1.59. The van der Waals surface area contributed by atoms with E-state index >= 15 is 0 Å². The van der Waals surface area contributed by atoms with Gasteiger partial charge in [-0.1, -0.05) is 6.07 Å². The Morgan fingerprint density at radius 3 is 2.52 bits per heavy atom. The molecule has 1 N–H and O–H groups in total. The fraction of sp³-hybridized carbons (Fsp3) is 0.368. The summed E-state index contributed by atoms with van der Waals surface area (Å²) in [7, 11) is 0. The van der Waals surface area contributed by atoms with E-state index in [-0.39, 0.29) is 12.4 Å². The average Bonchev–Trinajstić information content (AvgIpc) is 2.58. The van der Waals surface area contributed by atoms with E-state index in [0.29, 0.717) is 30.8 Å². The molecule has 2 aromatic carbocycles. The average molecular weight is 351 g/mol. The van der Waals surface area contributed by atoms with Crippen LogP contribution >= 0.6 is 0 Å². The van der Waals surface area contributed by atoms with Crippen molar-refractivity contribution in [2.24, 2.45) is 0 Å². The first-order valence-corrected chi connectivity index (χ1v) is 8.21. The predicted molar refractivity (Wildman–Crippen MR) is 87.7 cm³/mol. The molecule has 1 atom stereocenters. The molecule has 0 saturated carbocycles. The number of ether oxygens (including phenoxy) is 1. The monoisotopic (exact) mass is 351 g/mol. The lowest BCUT2D eigenvalue weighted by atomic mass is 9.93. The van der Waals surface area contributed by atoms with E-state index in [4.69, 9.17) is 4.74 Å². The number of rotatable bonds is 5. The third kappa shape index (κ3) is 4.74. The Kier molecular flexibility index (Phi) is 5.30. The van der Waals surface area contributed by atoms with Crippen LogP contribution < -0.4 is 4.74 Å². The van der Waals surface area contributed by atoms with Crippen molar-refractivity contribution in [3.05, 3.63) is 65.5 Å². The SMILES string of the molecule is OC1(COc2ccc(F)cc2)CCCN(Cc2ccc(F)c(F)c2)C1.